The number of halogens is 3. The Balaban J connectivity index is 2.61. The number of nitrogens with two attached hydrogens (primary N) is 1. The molecule has 0 aromatic heterocycles. The van der Waals surface area contributed by atoms with E-state index in [0.29, 0.717) is 0 Å². The van der Waals surface area contributed by atoms with Crippen molar-refractivity contribution in [1.29, 1.82) is 0 Å². The summed E-state index contributed by atoms with van der Waals surface area (Å²) in [5.41, 5.74) is 0.924. The predicted molar refractivity (Wildman–Crippen MR) is 79.4 cm³/mol. The maximum Gasteiger partial charge on any atom is 0.262 e. The lowest BCUT2D eigenvalue weighted by molar-refractivity contribution is -0.718. The quantitative estimate of drug-likeness (QED) is 0.632. The predicted octanol–water partition coefficient (Wildman–Crippen LogP) is 2.01. The summed E-state index contributed by atoms with van der Waals surface area (Å²) in [6, 6.07) is 9.65. The van der Waals surface area contributed by atoms with Crippen LogP contribution in [0, 0.1) is 0 Å². The van der Waals surface area contributed by atoms with Gasteiger partial charge in [-0.05, 0) is 19.4 Å². The Bertz CT molecular complexity index is 404. The number of nitrogens with one attached hydrogen (secondary N) is 1. The molecule has 0 saturated carbocycles. The van der Waals surface area contributed by atoms with Gasteiger partial charge in [0, 0.05) is 0 Å². The van der Waals surface area contributed by atoms with E-state index < -0.39 is 9.96 Å². The molecule has 0 bridgehead atoms. The molecule has 0 spiro atoms. The lowest BCUT2D eigenvalue weighted by atomic mass is 10.1. The number of quaternary nitrogens is 1. The number of benzene rings is 1. The molecule has 0 radical (unpaired) electrons. The molecule has 19 heavy (non-hydrogen) atoms. The first-order chi connectivity index (χ1) is 8.79. The third-order valence-electron chi connectivity index (χ3n) is 2.45. The molecule has 1 rings (SSSR count). The fraction of sp³-hybridized carbons (Fsp3) is 0.462. The van der Waals surface area contributed by atoms with Crippen molar-refractivity contribution >= 4 is 40.7 Å². The molecule has 3 N–H and O–H groups in total. The Morgan fingerprint density at radius 3 is 2.32 bits per heavy atom. The van der Waals surface area contributed by atoms with Gasteiger partial charge in [0.1, 0.15) is 0 Å². The largest absolute Gasteiger partial charge is 0.321 e. The molecule has 106 valence electrons. The lowest BCUT2D eigenvalue weighted by Crippen LogP contribution is -2.99. The van der Waals surface area contributed by atoms with Crippen LogP contribution in [0.25, 0.3) is 0 Å². The van der Waals surface area contributed by atoms with Gasteiger partial charge in [-0.15, -0.1) is 0 Å². The third-order valence-corrected chi connectivity index (χ3v) is 3.16. The highest BCUT2D eigenvalue weighted by Gasteiger charge is 2.37. The van der Waals surface area contributed by atoms with Gasteiger partial charge in [-0.25, -0.2) is 0 Å². The molecule has 3 nitrogen and oxygen atoms in total. The summed E-state index contributed by atoms with van der Waals surface area (Å²) in [6.45, 7) is 3.93. The van der Waals surface area contributed by atoms with Gasteiger partial charge in [0.2, 0.25) is 12.1 Å². The molecule has 1 amide bonds. The van der Waals surface area contributed by atoms with Crippen LogP contribution in [0.4, 0.5) is 0 Å². The van der Waals surface area contributed by atoms with Crippen molar-refractivity contribution in [3.63, 3.8) is 0 Å². The Kier molecular flexibility index (Phi) is 6.40. The van der Waals surface area contributed by atoms with Gasteiger partial charge in [0.05, 0.1) is 12.5 Å². The van der Waals surface area contributed by atoms with E-state index in [1.807, 2.05) is 49.5 Å². The van der Waals surface area contributed by atoms with Crippen molar-refractivity contribution in [3.8, 4) is 0 Å². The highest BCUT2D eigenvalue weighted by Crippen LogP contribution is 2.27. The fourth-order valence-electron chi connectivity index (χ4n) is 1.63. The van der Waals surface area contributed by atoms with Crippen LogP contribution in [-0.2, 0) is 11.2 Å². The summed E-state index contributed by atoms with van der Waals surface area (Å²) in [4.78, 5) is 11.9. The summed E-state index contributed by atoms with van der Waals surface area (Å²) in [5.74, 6) is -0.167. The van der Waals surface area contributed by atoms with E-state index in [2.05, 4.69) is 5.32 Å². The minimum Gasteiger partial charge on any atom is -0.321 e. The number of carbonyl (C=O) groups is 1. The minimum atomic E-state index is -1.55. The zero-order valence-corrected chi connectivity index (χ0v) is 13.1. The molecular weight excluding hydrogens is 307 g/mol. The van der Waals surface area contributed by atoms with Crippen LogP contribution in [-0.4, -0.2) is 21.9 Å². The molecule has 0 aliphatic heterocycles. The second kappa shape index (κ2) is 7.34. The van der Waals surface area contributed by atoms with Crippen molar-refractivity contribution in [2.75, 3.05) is 0 Å². The maximum absolute atomic E-state index is 11.9. The van der Waals surface area contributed by atoms with Gasteiger partial charge in [0.15, 0.2) is 0 Å². The van der Waals surface area contributed by atoms with Crippen LogP contribution < -0.4 is 10.6 Å². The second-order valence-corrected chi connectivity index (χ2v) is 7.05. The molecule has 1 aromatic carbocycles. The molecular formula is C13H18Cl3N2O+. The summed E-state index contributed by atoms with van der Waals surface area (Å²) in [6.07, 6.45) is -0.335. The monoisotopic (exact) mass is 323 g/mol. The van der Waals surface area contributed by atoms with E-state index in [1.165, 1.54) is 0 Å². The number of carbonyl (C=O) groups excluding carboxylic acids is 1. The molecule has 0 unspecified atom stereocenters. The molecule has 0 saturated heterocycles. The molecule has 0 heterocycles. The number of alkyl halides is 3. The van der Waals surface area contributed by atoms with Crippen LogP contribution >= 0.6 is 34.8 Å². The zero-order chi connectivity index (χ0) is 14.5. The number of hydrogen-bond acceptors (Lipinski definition) is 1. The van der Waals surface area contributed by atoms with Crippen LogP contribution in [0.1, 0.15) is 19.4 Å². The van der Waals surface area contributed by atoms with Gasteiger partial charge in [-0.2, -0.15) is 0 Å². The fourth-order valence-corrected chi connectivity index (χ4v) is 2.01. The van der Waals surface area contributed by atoms with E-state index in [4.69, 9.17) is 34.8 Å². The molecule has 1 aromatic rings. The molecule has 0 aliphatic rings. The molecule has 0 fully saturated rings. The standard InChI is InChI=1S/C13H17Cl3N2O/c1-9(2)17-12(13(14,15)16)18-11(19)8-10-6-4-3-5-7-10/h3-7,9,12,17H,8H2,1-2H3,(H,18,19)/p+1/t12-/m1/s1. The van der Waals surface area contributed by atoms with Crippen molar-refractivity contribution in [1.82, 2.24) is 5.32 Å². The van der Waals surface area contributed by atoms with Crippen molar-refractivity contribution in [3.05, 3.63) is 35.9 Å². The van der Waals surface area contributed by atoms with Crippen molar-refractivity contribution < 1.29 is 10.1 Å². The second-order valence-electron chi connectivity index (χ2n) is 4.69. The zero-order valence-electron chi connectivity index (χ0n) is 10.9. The normalized spacial score (nSPS) is 13.4. The Hall–Kier alpha value is -0.480. The Morgan fingerprint density at radius 2 is 1.84 bits per heavy atom. The van der Waals surface area contributed by atoms with Gasteiger partial charge in [-0.1, -0.05) is 65.1 Å². The first kappa shape index (κ1) is 16.6. The number of amides is 1. The van der Waals surface area contributed by atoms with E-state index in [9.17, 15) is 4.79 Å². The van der Waals surface area contributed by atoms with E-state index >= 15 is 0 Å². The molecule has 0 aliphatic carbocycles. The third kappa shape index (κ3) is 6.48. The van der Waals surface area contributed by atoms with Crippen LogP contribution in [0.3, 0.4) is 0 Å². The lowest BCUT2D eigenvalue weighted by Gasteiger charge is -2.25. The van der Waals surface area contributed by atoms with E-state index in [-0.39, 0.29) is 18.4 Å². The Morgan fingerprint density at radius 1 is 1.26 bits per heavy atom. The SMILES string of the molecule is CC(C)[NH2+][C@H](NC(=O)Cc1ccccc1)C(Cl)(Cl)Cl. The smallest absolute Gasteiger partial charge is 0.262 e. The average Bonchev–Trinajstić information content (AvgIpc) is 2.27. The van der Waals surface area contributed by atoms with Gasteiger partial charge >= 0.3 is 0 Å². The number of hydrogen-bond donors (Lipinski definition) is 2. The van der Waals surface area contributed by atoms with Gasteiger partial charge in [0.25, 0.3) is 3.79 Å². The highest BCUT2D eigenvalue weighted by molar-refractivity contribution is 6.68. The van der Waals surface area contributed by atoms with Gasteiger partial charge < -0.3 is 10.6 Å². The topological polar surface area (TPSA) is 45.7 Å². The average molecular weight is 325 g/mol. The maximum atomic E-state index is 11.9. The summed E-state index contributed by atoms with van der Waals surface area (Å²) in [7, 11) is 0. The van der Waals surface area contributed by atoms with Crippen molar-refractivity contribution in [2.45, 2.75) is 36.3 Å². The van der Waals surface area contributed by atoms with E-state index in [0.717, 1.165) is 5.56 Å². The van der Waals surface area contributed by atoms with E-state index in [1.54, 1.807) is 0 Å². The summed E-state index contributed by atoms with van der Waals surface area (Å²) < 4.78 is -1.55. The first-order valence-electron chi connectivity index (χ1n) is 6.04. The number of rotatable bonds is 5. The Labute approximate surface area is 128 Å². The summed E-state index contributed by atoms with van der Waals surface area (Å²) >= 11 is 17.6. The highest BCUT2D eigenvalue weighted by atomic mass is 35.6. The minimum absolute atomic E-state index is 0.167. The van der Waals surface area contributed by atoms with Crippen molar-refractivity contribution in [2.24, 2.45) is 0 Å². The first-order valence-corrected chi connectivity index (χ1v) is 7.17. The molecule has 6 heteroatoms. The van der Waals surface area contributed by atoms with Crippen LogP contribution in [0.2, 0.25) is 0 Å². The van der Waals surface area contributed by atoms with Crippen LogP contribution in [0.5, 0.6) is 0 Å². The van der Waals surface area contributed by atoms with Crippen LogP contribution in [0.15, 0.2) is 30.3 Å². The molecule has 1 atom stereocenters. The summed E-state index contributed by atoms with van der Waals surface area (Å²) in [5, 5.41) is 4.56. The van der Waals surface area contributed by atoms with Gasteiger partial charge in [-0.3, -0.25) is 4.79 Å².